The average Bonchev–Trinajstić information content (AvgIpc) is 2.29. The molecular weight excluding hydrogens is 238 g/mol. The zero-order valence-corrected chi connectivity index (χ0v) is 11.3. The number of aliphatic hydroxyl groups excluding tert-OH is 1. The molecule has 1 aromatic rings. The predicted molar refractivity (Wildman–Crippen MR) is 70.9 cm³/mol. The smallest absolute Gasteiger partial charge is 0.137 e. The Morgan fingerprint density at radius 2 is 2.12 bits per heavy atom. The fourth-order valence-corrected chi connectivity index (χ4v) is 1.75. The lowest BCUT2D eigenvalue weighted by Gasteiger charge is -2.23. The summed E-state index contributed by atoms with van der Waals surface area (Å²) in [5, 5.41) is 13.0. The number of rotatable bonds is 6. The van der Waals surface area contributed by atoms with Crippen molar-refractivity contribution in [1.29, 1.82) is 0 Å². The van der Waals surface area contributed by atoms with E-state index in [1.807, 2.05) is 32.0 Å². The first-order valence-corrected chi connectivity index (χ1v) is 6.04. The number of halogens is 1. The highest BCUT2D eigenvalue weighted by atomic mass is 35.5. The Labute approximate surface area is 108 Å². The van der Waals surface area contributed by atoms with Crippen LogP contribution in [0, 0.1) is 0 Å². The monoisotopic (exact) mass is 257 g/mol. The highest BCUT2D eigenvalue weighted by Crippen LogP contribution is 2.24. The third kappa shape index (κ3) is 4.54. The fourth-order valence-electron chi connectivity index (χ4n) is 1.47. The Balaban J connectivity index is 2.50. The maximum absolute atomic E-state index is 9.10. The van der Waals surface area contributed by atoms with Crippen LogP contribution >= 0.6 is 11.6 Å². The summed E-state index contributed by atoms with van der Waals surface area (Å²) in [6, 6.07) is 5.78. The molecule has 2 N–H and O–H groups in total. The number of hydrogen-bond acceptors (Lipinski definition) is 3. The van der Waals surface area contributed by atoms with Gasteiger partial charge in [-0.25, -0.2) is 0 Å². The molecule has 0 radical (unpaired) electrons. The molecule has 0 fully saturated rings. The van der Waals surface area contributed by atoms with Gasteiger partial charge >= 0.3 is 0 Å². The third-order valence-electron chi connectivity index (χ3n) is 2.63. The number of nitrogens with one attached hydrogen (secondary N) is 1. The van der Waals surface area contributed by atoms with E-state index in [0.717, 1.165) is 18.5 Å². The molecule has 0 bridgehead atoms. The molecule has 0 saturated carbocycles. The highest BCUT2D eigenvalue weighted by Gasteiger charge is 2.14. The standard InChI is InChI=1S/C13H20ClNO2/c1-13(2,9-16)15-7-6-10-4-5-12(17-3)11(14)8-10/h4-5,8,15-16H,6-7,9H2,1-3H3. The number of hydrogen-bond donors (Lipinski definition) is 2. The van der Waals surface area contributed by atoms with E-state index < -0.39 is 0 Å². The van der Waals surface area contributed by atoms with Crippen molar-refractivity contribution in [3.63, 3.8) is 0 Å². The van der Waals surface area contributed by atoms with Crippen molar-refractivity contribution < 1.29 is 9.84 Å². The van der Waals surface area contributed by atoms with Gasteiger partial charge in [0.1, 0.15) is 5.75 Å². The number of methoxy groups -OCH3 is 1. The molecule has 96 valence electrons. The van der Waals surface area contributed by atoms with E-state index in [0.29, 0.717) is 10.8 Å². The van der Waals surface area contributed by atoms with E-state index >= 15 is 0 Å². The van der Waals surface area contributed by atoms with Gasteiger partial charge in [0.15, 0.2) is 0 Å². The Morgan fingerprint density at radius 3 is 2.65 bits per heavy atom. The van der Waals surface area contributed by atoms with Crippen molar-refractivity contribution in [3.8, 4) is 5.75 Å². The minimum Gasteiger partial charge on any atom is -0.495 e. The van der Waals surface area contributed by atoms with Crippen molar-refractivity contribution >= 4 is 11.6 Å². The zero-order chi connectivity index (χ0) is 12.9. The molecule has 4 heteroatoms. The largest absolute Gasteiger partial charge is 0.495 e. The topological polar surface area (TPSA) is 41.5 Å². The maximum Gasteiger partial charge on any atom is 0.137 e. The van der Waals surface area contributed by atoms with Gasteiger partial charge in [-0.3, -0.25) is 0 Å². The first-order chi connectivity index (χ1) is 7.98. The van der Waals surface area contributed by atoms with Gasteiger partial charge in [0.2, 0.25) is 0 Å². The van der Waals surface area contributed by atoms with Crippen LogP contribution in [0.5, 0.6) is 5.75 Å². The highest BCUT2D eigenvalue weighted by molar-refractivity contribution is 6.32. The number of benzene rings is 1. The lowest BCUT2D eigenvalue weighted by Crippen LogP contribution is -2.43. The number of ether oxygens (including phenoxy) is 1. The average molecular weight is 258 g/mol. The van der Waals surface area contributed by atoms with Crippen molar-refractivity contribution in [2.24, 2.45) is 0 Å². The van der Waals surface area contributed by atoms with Crippen molar-refractivity contribution in [3.05, 3.63) is 28.8 Å². The van der Waals surface area contributed by atoms with Gasteiger partial charge in [-0.05, 0) is 44.5 Å². The molecule has 0 atom stereocenters. The van der Waals surface area contributed by atoms with Crippen LogP contribution in [-0.4, -0.2) is 30.9 Å². The molecule has 0 aliphatic carbocycles. The van der Waals surface area contributed by atoms with E-state index in [9.17, 15) is 0 Å². The van der Waals surface area contributed by atoms with Gasteiger partial charge in [0.25, 0.3) is 0 Å². The second kappa shape index (κ2) is 6.24. The van der Waals surface area contributed by atoms with Gasteiger partial charge in [-0.15, -0.1) is 0 Å². The van der Waals surface area contributed by atoms with Gasteiger partial charge in [0.05, 0.1) is 18.7 Å². The molecule has 0 spiro atoms. The van der Waals surface area contributed by atoms with Gasteiger partial charge in [-0.1, -0.05) is 17.7 Å². The summed E-state index contributed by atoms with van der Waals surface area (Å²) in [6.45, 7) is 4.86. The molecule has 0 aromatic heterocycles. The molecule has 0 saturated heterocycles. The lowest BCUT2D eigenvalue weighted by molar-refractivity contribution is 0.189. The Hall–Kier alpha value is -0.770. The van der Waals surface area contributed by atoms with Crippen LogP contribution in [0.15, 0.2) is 18.2 Å². The van der Waals surface area contributed by atoms with Gasteiger partial charge in [-0.2, -0.15) is 0 Å². The van der Waals surface area contributed by atoms with Crippen molar-refractivity contribution in [2.75, 3.05) is 20.3 Å². The van der Waals surface area contributed by atoms with Crippen LogP contribution < -0.4 is 10.1 Å². The van der Waals surface area contributed by atoms with E-state index in [-0.39, 0.29) is 12.1 Å². The molecule has 0 amide bonds. The Kier molecular flexibility index (Phi) is 5.25. The molecule has 0 heterocycles. The molecule has 0 aliphatic rings. The van der Waals surface area contributed by atoms with Gasteiger partial charge < -0.3 is 15.2 Å². The molecule has 0 aliphatic heterocycles. The maximum atomic E-state index is 9.10. The summed E-state index contributed by atoms with van der Waals surface area (Å²) in [5.41, 5.74) is 0.910. The third-order valence-corrected chi connectivity index (χ3v) is 2.92. The molecule has 1 rings (SSSR count). The summed E-state index contributed by atoms with van der Waals surface area (Å²) >= 11 is 6.04. The van der Waals surface area contributed by atoms with E-state index in [2.05, 4.69) is 5.32 Å². The second-order valence-electron chi connectivity index (χ2n) is 4.69. The van der Waals surface area contributed by atoms with Crippen molar-refractivity contribution in [2.45, 2.75) is 25.8 Å². The first kappa shape index (κ1) is 14.3. The Bertz CT molecular complexity index is 366. The molecule has 3 nitrogen and oxygen atoms in total. The molecule has 1 aromatic carbocycles. The quantitative estimate of drug-likeness (QED) is 0.821. The summed E-state index contributed by atoms with van der Waals surface area (Å²) < 4.78 is 5.10. The van der Waals surface area contributed by atoms with E-state index in [1.165, 1.54) is 0 Å². The van der Waals surface area contributed by atoms with E-state index in [1.54, 1.807) is 7.11 Å². The van der Waals surface area contributed by atoms with Crippen LogP contribution in [0.1, 0.15) is 19.4 Å². The first-order valence-electron chi connectivity index (χ1n) is 5.67. The van der Waals surface area contributed by atoms with Crippen LogP contribution in [0.3, 0.4) is 0 Å². The molecule has 17 heavy (non-hydrogen) atoms. The van der Waals surface area contributed by atoms with Gasteiger partial charge in [0, 0.05) is 5.54 Å². The van der Waals surface area contributed by atoms with Crippen LogP contribution in [0.4, 0.5) is 0 Å². The summed E-state index contributed by atoms with van der Waals surface area (Å²) in [5.74, 6) is 0.694. The fraction of sp³-hybridized carbons (Fsp3) is 0.538. The summed E-state index contributed by atoms with van der Waals surface area (Å²) in [4.78, 5) is 0. The normalized spacial score (nSPS) is 11.6. The predicted octanol–water partition coefficient (Wildman–Crippen LogP) is 2.25. The number of aliphatic hydroxyl groups is 1. The van der Waals surface area contributed by atoms with Crippen LogP contribution in [-0.2, 0) is 6.42 Å². The Morgan fingerprint density at radius 1 is 1.41 bits per heavy atom. The van der Waals surface area contributed by atoms with E-state index in [4.69, 9.17) is 21.4 Å². The SMILES string of the molecule is COc1ccc(CCNC(C)(C)CO)cc1Cl. The minimum atomic E-state index is -0.240. The molecular formula is C13H20ClNO2. The zero-order valence-electron chi connectivity index (χ0n) is 10.6. The second-order valence-corrected chi connectivity index (χ2v) is 5.09. The molecule has 0 unspecified atom stereocenters. The minimum absolute atomic E-state index is 0.121. The van der Waals surface area contributed by atoms with Crippen molar-refractivity contribution in [1.82, 2.24) is 5.32 Å². The summed E-state index contributed by atoms with van der Waals surface area (Å²) in [6.07, 6.45) is 0.868. The van der Waals surface area contributed by atoms with Crippen LogP contribution in [0.25, 0.3) is 0 Å². The van der Waals surface area contributed by atoms with Crippen LogP contribution in [0.2, 0.25) is 5.02 Å². The lowest BCUT2D eigenvalue weighted by atomic mass is 10.1. The summed E-state index contributed by atoms with van der Waals surface area (Å²) in [7, 11) is 1.60.